The number of hydrogen-bond donors (Lipinski definition) is 0. The minimum atomic E-state index is -0.283. The first-order chi connectivity index (χ1) is 12.2. The second-order valence-corrected chi connectivity index (χ2v) is 9.20. The Labute approximate surface area is 164 Å². The molecular formula is C21H36O6. The zero-order valence-electron chi connectivity index (χ0n) is 18.3. The Morgan fingerprint density at radius 3 is 0.889 bits per heavy atom. The fraction of sp³-hybridized carbons (Fsp3) is 0.714. The first-order valence-electron chi connectivity index (χ1n) is 9.19. The number of ether oxygens (including phenoxy) is 6. The largest absolute Gasteiger partial charge is 0.467 e. The van der Waals surface area contributed by atoms with Gasteiger partial charge in [0.05, 0.1) is 16.8 Å². The van der Waals surface area contributed by atoms with Crippen LogP contribution < -0.4 is 14.2 Å². The maximum atomic E-state index is 5.69. The van der Waals surface area contributed by atoms with Gasteiger partial charge in [0, 0.05) is 18.2 Å². The van der Waals surface area contributed by atoms with E-state index < -0.39 is 0 Å². The minimum Gasteiger partial charge on any atom is -0.467 e. The summed E-state index contributed by atoms with van der Waals surface area (Å²) in [6.45, 7) is 18.1. The summed E-state index contributed by atoms with van der Waals surface area (Å²) >= 11 is 0. The number of benzene rings is 1. The van der Waals surface area contributed by atoms with Crippen LogP contribution in [0, 0.1) is 0 Å². The first kappa shape index (κ1) is 23.5. The summed E-state index contributed by atoms with van der Waals surface area (Å²) in [6, 6.07) is 5.32. The molecule has 1 rings (SSSR count). The fourth-order valence-electron chi connectivity index (χ4n) is 1.62. The molecule has 1 aromatic carbocycles. The van der Waals surface area contributed by atoms with E-state index in [1.807, 2.05) is 62.3 Å². The van der Waals surface area contributed by atoms with Crippen LogP contribution in [0.15, 0.2) is 18.2 Å². The van der Waals surface area contributed by atoms with E-state index in [2.05, 4.69) is 0 Å². The van der Waals surface area contributed by atoms with Gasteiger partial charge in [-0.1, -0.05) is 0 Å². The molecule has 0 spiro atoms. The van der Waals surface area contributed by atoms with Crippen molar-refractivity contribution in [1.29, 1.82) is 0 Å². The Morgan fingerprint density at radius 1 is 0.481 bits per heavy atom. The molecular weight excluding hydrogens is 348 g/mol. The van der Waals surface area contributed by atoms with Gasteiger partial charge in [-0.05, 0) is 62.3 Å². The van der Waals surface area contributed by atoms with Crippen LogP contribution in [0.5, 0.6) is 17.2 Å². The second kappa shape index (κ2) is 9.62. The van der Waals surface area contributed by atoms with Gasteiger partial charge >= 0.3 is 0 Å². The highest BCUT2D eigenvalue weighted by Crippen LogP contribution is 2.29. The van der Waals surface area contributed by atoms with Crippen LogP contribution in [0.3, 0.4) is 0 Å². The molecule has 27 heavy (non-hydrogen) atoms. The summed E-state index contributed by atoms with van der Waals surface area (Å²) < 4.78 is 33.9. The zero-order chi connectivity index (χ0) is 20.7. The normalized spacial score (nSPS) is 12.8. The third-order valence-electron chi connectivity index (χ3n) is 3.01. The van der Waals surface area contributed by atoms with Gasteiger partial charge < -0.3 is 28.4 Å². The second-order valence-electron chi connectivity index (χ2n) is 9.20. The quantitative estimate of drug-likeness (QED) is 0.550. The molecule has 0 radical (unpaired) electrons. The molecule has 0 aliphatic carbocycles. The Hall–Kier alpha value is -1.50. The van der Waals surface area contributed by atoms with Crippen molar-refractivity contribution in [2.75, 3.05) is 20.4 Å². The average Bonchev–Trinajstić information content (AvgIpc) is 2.43. The third kappa shape index (κ3) is 12.5. The van der Waals surface area contributed by atoms with E-state index in [1.54, 1.807) is 18.2 Å². The van der Waals surface area contributed by atoms with Crippen LogP contribution in [0.25, 0.3) is 0 Å². The molecule has 0 fully saturated rings. The van der Waals surface area contributed by atoms with Gasteiger partial charge in [-0.2, -0.15) is 0 Å². The predicted molar refractivity (Wildman–Crippen MR) is 105 cm³/mol. The summed E-state index contributed by atoms with van der Waals surface area (Å²) in [6.07, 6.45) is 0. The van der Waals surface area contributed by atoms with E-state index in [-0.39, 0.29) is 37.2 Å². The molecule has 0 atom stereocenters. The summed E-state index contributed by atoms with van der Waals surface area (Å²) in [7, 11) is 0. The predicted octanol–water partition coefficient (Wildman–Crippen LogP) is 5.14. The number of rotatable bonds is 9. The molecule has 0 aromatic heterocycles. The third-order valence-corrected chi connectivity index (χ3v) is 3.01. The lowest BCUT2D eigenvalue weighted by Crippen LogP contribution is -2.23. The smallest absolute Gasteiger partial charge is 0.189 e. The monoisotopic (exact) mass is 384 g/mol. The van der Waals surface area contributed by atoms with Gasteiger partial charge in [-0.25, -0.2) is 0 Å². The van der Waals surface area contributed by atoms with Crippen molar-refractivity contribution in [2.24, 2.45) is 0 Å². The van der Waals surface area contributed by atoms with Crippen molar-refractivity contribution >= 4 is 0 Å². The lowest BCUT2D eigenvalue weighted by molar-refractivity contribution is -0.0798. The fourth-order valence-corrected chi connectivity index (χ4v) is 1.62. The minimum absolute atomic E-state index is 0.128. The molecule has 0 unspecified atom stereocenters. The van der Waals surface area contributed by atoms with Gasteiger partial charge in [-0.3, -0.25) is 0 Å². The first-order valence-corrected chi connectivity index (χ1v) is 9.19. The molecule has 0 N–H and O–H groups in total. The van der Waals surface area contributed by atoms with E-state index in [9.17, 15) is 0 Å². The molecule has 0 saturated carbocycles. The van der Waals surface area contributed by atoms with Crippen LogP contribution in [0.1, 0.15) is 62.3 Å². The Morgan fingerprint density at radius 2 is 0.704 bits per heavy atom. The summed E-state index contributed by atoms with van der Waals surface area (Å²) in [4.78, 5) is 0. The highest BCUT2D eigenvalue weighted by molar-refractivity contribution is 5.42. The highest BCUT2D eigenvalue weighted by Gasteiger charge is 2.14. The lowest BCUT2D eigenvalue weighted by Gasteiger charge is -2.22. The molecule has 0 aliphatic heterocycles. The molecule has 1 aromatic rings. The molecule has 0 amide bonds. The van der Waals surface area contributed by atoms with Crippen LogP contribution in [0.2, 0.25) is 0 Å². The lowest BCUT2D eigenvalue weighted by atomic mass is 10.2. The standard InChI is InChI=1S/C21H36O6/c1-19(2,3)25-13-22-16-10-17(23-14-26-20(4,5)6)12-18(11-16)24-15-27-21(7,8)9/h10-12H,13-15H2,1-9H3. The van der Waals surface area contributed by atoms with Gasteiger partial charge in [0.25, 0.3) is 0 Å². The topological polar surface area (TPSA) is 55.4 Å². The highest BCUT2D eigenvalue weighted by atomic mass is 16.7. The van der Waals surface area contributed by atoms with Crippen molar-refractivity contribution < 1.29 is 28.4 Å². The van der Waals surface area contributed by atoms with E-state index >= 15 is 0 Å². The van der Waals surface area contributed by atoms with Crippen molar-refractivity contribution in [3.05, 3.63) is 18.2 Å². The Bertz CT molecular complexity index is 470. The average molecular weight is 385 g/mol. The van der Waals surface area contributed by atoms with Gasteiger partial charge in [-0.15, -0.1) is 0 Å². The van der Waals surface area contributed by atoms with Crippen molar-refractivity contribution in [3.8, 4) is 17.2 Å². The maximum absolute atomic E-state index is 5.69. The van der Waals surface area contributed by atoms with E-state index in [0.717, 1.165) is 0 Å². The SMILES string of the molecule is CC(C)(C)OCOc1cc(OCOC(C)(C)C)cc(OCOC(C)(C)C)c1. The van der Waals surface area contributed by atoms with E-state index in [0.29, 0.717) is 17.2 Å². The van der Waals surface area contributed by atoms with Crippen molar-refractivity contribution in [1.82, 2.24) is 0 Å². The Balaban J connectivity index is 2.77. The molecule has 6 heteroatoms. The van der Waals surface area contributed by atoms with Gasteiger partial charge in [0.2, 0.25) is 0 Å². The molecule has 0 heterocycles. The van der Waals surface area contributed by atoms with E-state index in [4.69, 9.17) is 28.4 Å². The van der Waals surface area contributed by atoms with Crippen LogP contribution in [-0.2, 0) is 14.2 Å². The zero-order valence-corrected chi connectivity index (χ0v) is 18.3. The van der Waals surface area contributed by atoms with Crippen LogP contribution in [0.4, 0.5) is 0 Å². The van der Waals surface area contributed by atoms with Crippen LogP contribution >= 0.6 is 0 Å². The number of hydrogen-bond acceptors (Lipinski definition) is 6. The molecule has 0 aliphatic rings. The molecule has 6 nitrogen and oxygen atoms in total. The van der Waals surface area contributed by atoms with Gasteiger partial charge in [0.15, 0.2) is 20.4 Å². The van der Waals surface area contributed by atoms with Crippen molar-refractivity contribution in [2.45, 2.75) is 79.1 Å². The molecule has 0 saturated heterocycles. The summed E-state index contributed by atoms with van der Waals surface area (Å²) in [5.74, 6) is 1.75. The van der Waals surface area contributed by atoms with E-state index in [1.165, 1.54) is 0 Å². The maximum Gasteiger partial charge on any atom is 0.189 e. The molecule has 0 bridgehead atoms. The Kier molecular flexibility index (Phi) is 8.39. The van der Waals surface area contributed by atoms with Gasteiger partial charge in [0.1, 0.15) is 17.2 Å². The summed E-state index contributed by atoms with van der Waals surface area (Å²) in [5, 5.41) is 0. The summed E-state index contributed by atoms with van der Waals surface area (Å²) in [5.41, 5.74) is -0.850. The van der Waals surface area contributed by atoms with Crippen molar-refractivity contribution in [3.63, 3.8) is 0 Å². The molecule has 156 valence electrons. The van der Waals surface area contributed by atoms with Crippen LogP contribution in [-0.4, -0.2) is 37.2 Å².